The molecule has 216 valence electrons. The maximum Gasteiger partial charge on any atom is 0.490 e. The predicted octanol–water partition coefficient (Wildman–Crippen LogP) is 2.71. The Balaban J connectivity index is 0.000000317. The number of carboxylic acids is 2. The summed E-state index contributed by atoms with van der Waals surface area (Å²) in [7, 11) is 1.88. The Morgan fingerprint density at radius 2 is 1.67 bits per heavy atom. The highest BCUT2D eigenvalue weighted by molar-refractivity contribution is 5.92. The minimum Gasteiger partial charge on any atom is -0.475 e. The summed E-state index contributed by atoms with van der Waals surface area (Å²) in [5.74, 6) is -4.99. The fraction of sp³-hybridized carbons (Fsp3) is 0.478. The molecule has 3 N–H and O–H groups in total. The number of likely N-dealkylation sites (tertiary alicyclic amines) is 1. The number of ether oxygens (including phenoxy) is 1. The molecule has 2 saturated heterocycles. The van der Waals surface area contributed by atoms with E-state index in [1.807, 2.05) is 42.2 Å². The second kappa shape index (κ2) is 13.4. The van der Waals surface area contributed by atoms with Crippen molar-refractivity contribution in [2.75, 3.05) is 19.6 Å². The van der Waals surface area contributed by atoms with E-state index in [0.717, 1.165) is 26.1 Å². The molecule has 0 spiro atoms. The van der Waals surface area contributed by atoms with E-state index in [1.54, 1.807) is 6.20 Å². The number of nitrogens with zero attached hydrogens (tertiary/aromatic N) is 3. The van der Waals surface area contributed by atoms with E-state index in [0.29, 0.717) is 18.2 Å². The number of amides is 1. The Bertz CT molecular complexity index is 1070. The zero-order valence-electron chi connectivity index (χ0n) is 20.4. The third-order valence-corrected chi connectivity index (χ3v) is 5.67. The van der Waals surface area contributed by atoms with Crippen molar-refractivity contribution in [1.82, 2.24) is 19.8 Å². The van der Waals surface area contributed by atoms with Crippen molar-refractivity contribution in [2.45, 2.75) is 37.5 Å². The van der Waals surface area contributed by atoms with Crippen LogP contribution in [0.15, 0.2) is 42.9 Å². The van der Waals surface area contributed by atoms with Gasteiger partial charge in [0.25, 0.3) is 5.91 Å². The van der Waals surface area contributed by atoms with Gasteiger partial charge in [0.2, 0.25) is 0 Å². The van der Waals surface area contributed by atoms with Crippen molar-refractivity contribution < 1.29 is 55.7 Å². The van der Waals surface area contributed by atoms with Gasteiger partial charge in [-0.1, -0.05) is 6.07 Å². The molecule has 3 atom stereocenters. The van der Waals surface area contributed by atoms with Crippen LogP contribution in [0, 0.1) is 5.92 Å². The van der Waals surface area contributed by atoms with Gasteiger partial charge in [0.1, 0.15) is 5.69 Å². The molecule has 10 nitrogen and oxygen atoms in total. The molecule has 4 heterocycles. The second-order valence-corrected chi connectivity index (χ2v) is 8.67. The molecular formula is C23H26F6N4O6. The van der Waals surface area contributed by atoms with Crippen LogP contribution in [0.25, 0.3) is 0 Å². The molecule has 39 heavy (non-hydrogen) atoms. The quantitative estimate of drug-likeness (QED) is 0.469. The number of aryl methyl sites for hydroxylation is 1. The first-order valence-electron chi connectivity index (χ1n) is 11.3. The number of nitrogens with one attached hydrogen (secondary N) is 1. The third kappa shape index (κ3) is 10.2. The van der Waals surface area contributed by atoms with E-state index < -0.39 is 24.3 Å². The molecule has 0 aliphatic carbocycles. The first-order chi connectivity index (χ1) is 18.1. The predicted molar refractivity (Wildman–Crippen MR) is 121 cm³/mol. The first kappa shape index (κ1) is 31.6. The lowest BCUT2D eigenvalue weighted by Gasteiger charge is -2.19. The van der Waals surface area contributed by atoms with Gasteiger partial charge in [-0.3, -0.25) is 14.7 Å². The number of pyridine rings is 1. The molecule has 2 fully saturated rings. The highest BCUT2D eigenvalue weighted by Crippen LogP contribution is 2.33. The molecule has 0 radical (unpaired) electrons. The van der Waals surface area contributed by atoms with Gasteiger partial charge in [-0.2, -0.15) is 26.3 Å². The molecule has 0 unspecified atom stereocenters. The summed E-state index contributed by atoms with van der Waals surface area (Å²) in [4.78, 5) is 36.6. The third-order valence-electron chi connectivity index (χ3n) is 5.67. The van der Waals surface area contributed by atoms with Gasteiger partial charge >= 0.3 is 24.3 Å². The average Bonchev–Trinajstić information content (AvgIpc) is 3.52. The number of fused-ring (bicyclic) bond motifs is 1. The van der Waals surface area contributed by atoms with Gasteiger partial charge in [0, 0.05) is 57.7 Å². The molecule has 16 heteroatoms. The number of alkyl halides is 6. The fourth-order valence-electron chi connectivity index (χ4n) is 3.95. The highest BCUT2D eigenvalue weighted by Gasteiger charge is 2.42. The maximum absolute atomic E-state index is 12.2. The number of carbonyl (C=O) groups is 3. The Kier molecular flexibility index (Phi) is 10.9. The van der Waals surface area contributed by atoms with Crippen LogP contribution in [0.4, 0.5) is 26.3 Å². The summed E-state index contributed by atoms with van der Waals surface area (Å²) in [5, 5.41) is 17.3. The molecular weight excluding hydrogens is 542 g/mol. The zero-order chi connectivity index (χ0) is 29.4. The van der Waals surface area contributed by atoms with Gasteiger partial charge in [-0.15, -0.1) is 0 Å². The minimum absolute atomic E-state index is 0.0358. The monoisotopic (exact) mass is 568 g/mol. The number of rotatable bonds is 5. The smallest absolute Gasteiger partial charge is 0.475 e. The molecule has 0 saturated carbocycles. The van der Waals surface area contributed by atoms with Crippen LogP contribution in [0.2, 0.25) is 0 Å². The summed E-state index contributed by atoms with van der Waals surface area (Å²) in [6.07, 6.45) is -3.13. The van der Waals surface area contributed by atoms with E-state index in [-0.39, 0.29) is 18.1 Å². The van der Waals surface area contributed by atoms with Crippen molar-refractivity contribution >= 4 is 17.8 Å². The van der Waals surface area contributed by atoms with Gasteiger partial charge in [0.05, 0.1) is 12.2 Å². The Morgan fingerprint density at radius 1 is 1.05 bits per heavy atom. The number of aliphatic carboxylic acids is 2. The number of halogens is 6. The number of hydrogen-bond acceptors (Lipinski definition) is 6. The summed E-state index contributed by atoms with van der Waals surface area (Å²) in [6, 6.07) is 7.80. The Hall–Kier alpha value is -3.66. The molecule has 0 bridgehead atoms. The van der Waals surface area contributed by atoms with Gasteiger partial charge < -0.3 is 24.8 Å². The lowest BCUT2D eigenvalue weighted by atomic mass is 10.0. The van der Waals surface area contributed by atoms with Gasteiger partial charge in [0.15, 0.2) is 0 Å². The number of carboxylic acid groups (broad SMARTS) is 2. The Morgan fingerprint density at radius 3 is 2.13 bits per heavy atom. The summed E-state index contributed by atoms with van der Waals surface area (Å²) < 4.78 is 71.5. The normalized spacial score (nSPS) is 20.6. The van der Waals surface area contributed by atoms with Crippen molar-refractivity contribution in [3.63, 3.8) is 0 Å². The van der Waals surface area contributed by atoms with Crippen molar-refractivity contribution in [2.24, 2.45) is 13.0 Å². The number of aromatic nitrogens is 2. The van der Waals surface area contributed by atoms with Crippen LogP contribution in [-0.4, -0.2) is 86.7 Å². The standard InChI is InChI=1S/C19H24N4O2.2C2HF3O2/c1-22-7-3-5-17(22)19(24)21-10-16-8-15-12-23(13-18(15)25-16)11-14-4-2-6-20-9-14;2*3-2(4,5)1(6)7/h2-7,9,15-16,18H,8,10-13H2,1H3,(H,21,24);2*(H,6,7)/t15-,16-,18+;;/m1../s1. The SMILES string of the molecule is Cn1cccc1C(=O)NC[C@H]1C[C@@H]2CN(Cc3cccnc3)C[C@@H]2O1.O=C(O)C(F)(F)F.O=C(O)C(F)(F)F. The molecule has 2 aromatic rings. The summed E-state index contributed by atoms with van der Waals surface area (Å²) >= 11 is 0. The van der Waals surface area contributed by atoms with Crippen molar-refractivity contribution in [3.8, 4) is 0 Å². The molecule has 1 amide bonds. The zero-order valence-corrected chi connectivity index (χ0v) is 20.4. The second-order valence-electron chi connectivity index (χ2n) is 8.67. The van der Waals surface area contributed by atoms with Crippen LogP contribution < -0.4 is 5.32 Å². The van der Waals surface area contributed by atoms with E-state index in [4.69, 9.17) is 24.5 Å². The fourth-order valence-corrected chi connectivity index (χ4v) is 3.95. The van der Waals surface area contributed by atoms with Crippen molar-refractivity contribution in [1.29, 1.82) is 0 Å². The molecule has 2 aliphatic rings. The summed E-state index contributed by atoms with van der Waals surface area (Å²) in [6.45, 7) is 3.53. The number of hydrogen-bond donors (Lipinski definition) is 3. The van der Waals surface area contributed by atoms with Gasteiger partial charge in [-0.25, -0.2) is 9.59 Å². The van der Waals surface area contributed by atoms with Crippen molar-refractivity contribution in [3.05, 3.63) is 54.1 Å². The number of carbonyl (C=O) groups excluding carboxylic acids is 1. The lowest BCUT2D eigenvalue weighted by molar-refractivity contribution is -0.193. The summed E-state index contributed by atoms with van der Waals surface area (Å²) in [5.41, 5.74) is 1.93. The van der Waals surface area contributed by atoms with Crippen LogP contribution in [-0.2, 0) is 27.9 Å². The molecule has 2 aromatic heterocycles. The maximum atomic E-state index is 12.2. The van der Waals surface area contributed by atoms with E-state index in [2.05, 4.69) is 21.3 Å². The van der Waals surface area contributed by atoms with E-state index in [9.17, 15) is 31.1 Å². The minimum atomic E-state index is -5.08. The average molecular weight is 568 g/mol. The first-order valence-corrected chi connectivity index (χ1v) is 11.3. The van der Waals surface area contributed by atoms with Gasteiger partial charge in [-0.05, 0) is 30.2 Å². The molecule has 0 aromatic carbocycles. The van der Waals surface area contributed by atoms with Crippen LogP contribution >= 0.6 is 0 Å². The van der Waals surface area contributed by atoms with E-state index in [1.165, 1.54) is 5.56 Å². The lowest BCUT2D eigenvalue weighted by Crippen LogP contribution is -2.34. The molecule has 2 aliphatic heterocycles. The van der Waals surface area contributed by atoms with Crippen LogP contribution in [0.5, 0.6) is 0 Å². The van der Waals surface area contributed by atoms with Crippen LogP contribution in [0.1, 0.15) is 22.5 Å². The molecule has 4 rings (SSSR count). The van der Waals surface area contributed by atoms with E-state index >= 15 is 0 Å². The largest absolute Gasteiger partial charge is 0.490 e. The highest BCUT2D eigenvalue weighted by atomic mass is 19.4. The van der Waals surface area contributed by atoms with Crippen LogP contribution in [0.3, 0.4) is 0 Å². The Labute approximate surface area is 218 Å². The topological polar surface area (TPSA) is 134 Å².